The van der Waals surface area contributed by atoms with Gasteiger partial charge in [-0.25, -0.2) is 4.68 Å². The van der Waals surface area contributed by atoms with Gasteiger partial charge >= 0.3 is 6.18 Å². The molecule has 3 aromatic rings. The molecule has 0 radical (unpaired) electrons. The smallest absolute Gasteiger partial charge is 0.416 e. The summed E-state index contributed by atoms with van der Waals surface area (Å²) in [5.41, 5.74) is 0.642. The maximum atomic E-state index is 12.6. The second-order valence-corrected chi connectivity index (χ2v) is 5.53. The summed E-state index contributed by atoms with van der Waals surface area (Å²) >= 11 is 0. The van der Waals surface area contributed by atoms with Crippen LogP contribution in [0.4, 0.5) is 13.2 Å². The number of Topliss-reactive ketones (excluding diaryl/α,β-unsaturated/α-hetero) is 1. The van der Waals surface area contributed by atoms with E-state index in [0.29, 0.717) is 22.6 Å². The van der Waals surface area contributed by atoms with Crippen molar-refractivity contribution < 1.29 is 22.7 Å². The van der Waals surface area contributed by atoms with E-state index in [-0.39, 0.29) is 12.3 Å². The van der Waals surface area contributed by atoms with E-state index < -0.39 is 11.7 Å². The standard InChI is InChI=1S/C18H14F3N3O2/c1-26-15-8-4-13(5-9-15)17(25)11-24-10-16(22-23-24)12-2-6-14(7-3-12)18(19,20)21/h2-10H,11H2,1H3. The molecule has 0 aliphatic heterocycles. The van der Waals surface area contributed by atoms with E-state index >= 15 is 0 Å². The van der Waals surface area contributed by atoms with Crippen molar-refractivity contribution in [1.82, 2.24) is 15.0 Å². The van der Waals surface area contributed by atoms with Gasteiger partial charge in [-0.1, -0.05) is 17.3 Å². The largest absolute Gasteiger partial charge is 0.497 e. The van der Waals surface area contributed by atoms with Crippen LogP contribution >= 0.6 is 0 Å². The summed E-state index contributed by atoms with van der Waals surface area (Å²) in [6, 6.07) is 11.3. The van der Waals surface area contributed by atoms with Gasteiger partial charge in [-0.15, -0.1) is 5.10 Å². The quantitative estimate of drug-likeness (QED) is 0.648. The van der Waals surface area contributed by atoms with Gasteiger partial charge in [0.2, 0.25) is 0 Å². The zero-order chi connectivity index (χ0) is 18.7. The Morgan fingerprint density at radius 3 is 2.31 bits per heavy atom. The van der Waals surface area contributed by atoms with Crippen LogP contribution in [-0.2, 0) is 12.7 Å². The Hall–Kier alpha value is -3.16. The third kappa shape index (κ3) is 3.90. The number of halogens is 3. The maximum absolute atomic E-state index is 12.6. The predicted octanol–water partition coefficient (Wildman–Crippen LogP) is 3.86. The van der Waals surface area contributed by atoms with Crippen LogP contribution in [0.15, 0.2) is 54.7 Å². The Balaban J connectivity index is 1.72. The van der Waals surface area contributed by atoms with Crippen molar-refractivity contribution in [1.29, 1.82) is 0 Å². The molecule has 1 heterocycles. The summed E-state index contributed by atoms with van der Waals surface area (Å²) in [4.78, 5) is 12.3. The molecule has 26 heavy (non-hydrogen) atoms. The minimum absolute atomic E-state index is 0.0278. The van der Waals surface area contributed by atoms with Gasteiger partial charge < -0.3 is 4.74 Å². The highest BCUT2D eigenvalue weighted by atomic mass is 19.4. The molecule has 0 bridgehead atoms. The Kier molecular flexibility index (Phi) is 4.75. The molecular formula is C18H14F3N3O2. The van der Waals surface area contributed by atoms with Gasteiger partial charge in [0, 0.05) is 11.1 Å². The first-order valence-corrected chi connectivity index (χ1v) is 7.62. The molecule has 2 aromatic carbocycles. The van der Waals surface area contributed by atoms with Crippen LogP contribution in [0.1, 0.15) is 15.9 Å². The fourth-order valence-electron chi connectivity index (χ4n) is 2.35. The van der Waals surface area contributed by atoms with E-state index in [1.54, 1.807) is 24.3 Å². The summed E-state index contributed by atoms with van der Waals surface area (Å²) in [7, 11) is 1.54. The molecule has 1 aromatic heterocycles. The fourth-order valence-corrected chi connectivity index (χ4v) is 2.35. The lowest BCUT2D eigenvalue weighted by Crippen LogP contribution is -2.11. The van der Waals surface area contributed by atoms with Crippen molar-refractivity contribution in [3.8, 4) is 17.0 Å². The number of methoxy groups -OCH3 is 1. The first kappa shape index (κ1) is 17.7. The first-order chi connectivity index (χ1) is 12.4. The van der Waals surface area contributed by atoms with Crippen molar-refractivity contribution in [3.63, 3.8) is 0 Å². The third-order valence-corrected chi connectivity index (χ3v) is 3.76. The Morgan fingerprint density at radius 2 is 1.73 bits per heavy atom. The summed E-state index contributed by atoms with van der Waals surface area (Å²) in [6.45, 7) is -0.0278. The summed E-state index contributed by atoms with van der Waals surface area (Å²) in [5.74, 6) is 0.475. The number of hydrogen-bond acceptors (Lipinski definition) is 4. The van der Waals surface area contributed by atoms with E-state index in [4.69, 9.17) is 4.74 Å². The van der Waals surface area contributed by atoms with Crippen LogP contribution in [0.3, 0.4) is 0 Å². The second-order valence-electron chi connectivity index (χ2n) is 5.53. The number of carbonyl (C=O) groups excluding carboxylic acids is 1. The average Bonchev–Trinajstić information content (AvgIpc) is 3.09. The zero-order valence-corrected chi connectivity index (χ0v) is 13.7. The van der Waals surface area contributed by atoms with Crippen LogP contribution in [0, 0.1) is 0 Å². The number of nitrogens with zero attached hydrogens (tertiary/aromatic N) is 3. The minimum atomic E-state index is -4.39. The van der Waals surface area contributed by atoms with Crippen molar-refractivity contribution in [3.05, 3.63) is 65.9 Å². The fraction of sp³-hybridized carbons (Fsp3) is 0.167. The molecule has 134 valence electrons. The van der Waals surface area contributed by atoms with Crippen molar-refractivity contribution >= 4 is 5.78 Å². The van der Waals surface area contributed by atoms with E-state index in [1.165, 1.54) is 30.1 Å². The lowest BCUT2D eigenvalue weighted by molar-refractivity contribution is -0.137. The molecule has 8 heteroatoms. The Bertz CT molecular complexity index is 901. The van der Waals surface area contributed by atoms with Crippen LogP contribution < -0.4 is 4.74 Å². The number of rotatable bonds is 5. The van der Waals surface area contributed by atoms with Crippen molar-refractivity contribution in [2.24, 2.45) is 0 Å². The molecule has 0 aliphatic carbocycles. The van der Waals surface area contributed by atoms with Gasteiger partial charge in [0.05, 0.1) is 18.9 Å². The van der Waals surface area contributed by atoms with E-state index in [2.05, 4.69) is 10.3 Å². The first-order valence-electron chi connectivity index (χ1n) is 7.62. The molecule has 3 rings (SSSR count). The van der Waals surface area contributed by atoms with Crippen LogP contribution in [-0.4, -0.2) is 27.9 Å². The summed E-state index contributed by atoms with van der Waals surface area (Å²) in [5, 5.41) is 7.77. The number of hydrogen-bond donors (Lipinski definition) is 0. The number of ether oxygens (including phenoxy) is 1. The predicted molar refractivity (Wildman–Crippen MR) is 87.8 cm³/mol. The van der Waals surface area contributed by atoms with Gasteiger partial charge in [-0.05, 0) is 36.4 Å². The molecule has 0 saturated heterocycles. The SMILES string of the molecule is COc1ccc(C(=O)Cn2cc(-c3ccc(C(F)(F)F)cc3)nn2)cc1. The number of alkyl halides is 3. The summed E-state index contributed by atoms with van der Waals surface area (Å²) < 4.78 is 44.2. The van der Waals surface area contributed by atoms with E-state index in [0.717, 1.165) is 12.1 Å². The highest BCUT2D eigenvalue weighted by molar-refractivity contribution is 5.95. The Morgan fingerprint density at radius 1 is 1.08 bits per heavy atom. The van der Waals surface area contributed by atoms with Gasteiger partial charge in [0.25, 0.3) is 0 Å². The molecular weight excluding hydrogens is 347 g/mol. The molecule has 0 spiro atoms. The Labute approximate surface area is 147 Å². The molecule has 0 fully saturated rings. The highest BCUT2D eigenvalue weighted by Gasteiger charge is 2.30. The van der Waals surface area contributed by atoms with Gasteiger partial charge in [-0.2, -0.15) is 13.2 Å². The zero-order valence-electron chi connectivity index (χ0n) is 13.7. The minimum Gasteiger partial charge on any atom is -0.497 e. The monoisotopic (exact) mass is 361 g/mol. The van der Waals surface area contributed by atoms with Crippen LogP contribution in [0.25, 0.3) is 11.3 Å². The number of benzene rings is 2. The third-order valence-electron chi connectivity index (χ3n) is 3.76. The lowest BCUT2D eigenvalue weighted by atomic mass is 10.1. The van der Waals surface area contributed by atoms with Gasteiger partial charge in [0.15, 0.2) is 5.78 Å². The second kappa shape index (κ2) is 6.99. The van der Waals surface area contributed by atoms with E-state index in [1.807, 2.05) is 0 Å². The van der Waals surface area contributed by atoms with Gasteiger partial charge in [0.1, 0.15) is 18.0 Å². The molecule has 0 saturated carbocycles. The van der Waals surface area contributed by atoms with Gasteiger partial charge in [-0.3, -0.25) is 4.79 Å². The molecule has 0 aliphatic rings. The van der Waals surface area contributed by atoms with Crippen LogP contribution in [0.5, 0.6) is 5.75 Å². The highest BCUT2D eigenvalue weighted by Crippen LogP contribution is 2.30. The number of carbonyl (C=O) groups is 1. The number of aromatic nitrogens is 3. The molecule has 0 atom stereocenters. The lowest BCUT2D eigenvalue weighted by Gasteiger charge is -2.06. The van der Waals surface area contributed by atoms with E-state index in [9.17, 15) is 18.0 Å². The summed E-state index contributed by atoms with van der Waals surface area (Å²) in [6.07, 6.45) is -2.87. The molecule has 0 unspecified atom stereocenters. The molecule has 0 amide bonds. The molecule has 0 N–H and O–H groups in total. The maximum Gasteiger partial charge on any atom is 0.416 e. The van der Waals surface area contributed by atoms with Crippen molar-refractivity contribution in [2.75, 3.05) is 7.11 Å². The van der Waals surface area contributed by atoms with Crippen molar-refractivity contribution in [2.45, 2.75) is 12.7 Å². The normalized spacial score (nSPS) is 11.4. The van der Waals surface area contributed by atoms with Crippen LogP contribution in [0.2, 0.25) is 0 Å². The number of ketones is 1. The molecule has 5 nitrogen and oxygen atoms in total. The topological polar surface area (TPSA) is 57.0 Å². The average molecular weight is 361 g/mol.